The summed E-state index contributed by atoms with van der Waals surface area (Å²) in [5.74, 6) is 1.86. The molecule has 1 aromatic heterocycles. The standard InChI is InChI=1S/C17H17N3O/c18-10-13-9-12(6-7-16(13)21-14-3-1-4-14)15-11-20-8-2-5-17(20)19-15/h6-7,9,11,14H,1-5,8H2. The molecule has 0 saturated heterocycles. The van der Waals surface area contributed by atoms with Gasteiger partial charge >= 0.3 is 0 Å². The average Bonchev–Trinajstić information content (AvgIpc) is 3.04. The van der Waals surface area contributed by atoms with Gasteiger partial charge in [-0.05, 0) is 43.9 Å². The second kappa shape index (κ2) is 4.92. The van der Waals surface area contributed by atoms with Gasteiger partial charge in [0.25, 0.3) is 0 Å². The van der Waals surface area contributed by atoms with Crippen molar-refractivity contribution >= 4 is 0 Å². The van der Waals surface area contributed by atoms with Crippen LogP contribution in [0.25, 0.3) is 11.3 Å². The molecule has 2 heterocycles. The molecule has 0 atom stereocenters. The normalized spacial score (nSPS) is 17.1. The molecule has 21 heavy (non-hydrogen) atoms. The van der Waals surface area contributed by atoms with Gasteiger partial charge in [0.1, 0.15) is 17.6 Å². The maximum absolute atomic E-state index is 9.35. The molecule has 2 aliphatic rings. The van der Waals surface area contributed by atoms with E-state index < -0.39 is 0 Å². The van der Waals surface area contributed by atoms with Gasteiger partial charge in [0.15, 0.2) is 0 Å². The summed E-state index contributed by atoms with van der Waals surface area (Å²) in [5, 5.41) is 9.35. The molecule has 4 nitrogen and oxygen atoms in total. The van der Waals surface area contributed by atoms with Crippen LogP contribution in [-0.4, -0.2) is 15.7 Å². The fourth-order valence-electron chi connectivity index (χ4n) is 2.94. The van der Waals surface area contributed by atoms with Gasteiger partial charge in [-0.1, -0.05) is 0 Å². The number of nitriles is 1. The Hall–Kier alpha value is -2.28. The summed E-state index contributed by atoms with van der Waals surface area (Å²) in [7, 11) is 0. The zero-order valence-corrected chi connectivity index (χ0v) is 11.9. The Morgan fingerprint density at radius 2 is 2.19 bits per heavy atom. The Morgan fingerprint density at radius 3 is 2.90 bits per heavy atom. The number of aromatic nitrogens is 2. The predicted molar refractivity (Wildman–Crippen MR) is 79.0 cm³/mol. The van der Waals surface area contributed by atoms with E-state index in [2.05, 4.69) is 21.8 Å². The Kier molecular flexibility index (Phi) is 2.92. The third kappa shape index (κ3) is 2.19. The topological polar surface area (TPSA) is 50.8 Å². The zero-order chi connectivity index (χ0) is 14.2. The molecule has 1 aliphatic carbocycles. The van der Waals surface area contributed by atoms with E-state index in [-0.39, 0.29) is 0 Å². The molecule has 2 aromatic rings. The van der Waals surface area contributed by atoms with Gasteiger partial charge in [0.2, 0.25) is 0 Å². The smallest absolute Gasteiger partial charge is 0.137 e. The molecule has 0 spiro atoms. The fraction of sp³-hybridized carbons (Fsp3) is 0.412. The zero-order valence-electron chi connectivity index (χ0n) is 11.9. The first-order valence-electron chi connectivity index (χ1n) is 7.61. The minimum atomic E-state index is 0.291. The highest BCUT2D eigenvalue weighted by Gasteiger charge is 2.21. The third-order valence-electron chi connectivity index (χ3n) is 4.40. The molecule has 1 aromatic carbocycles. The molecule has 1 saturated carbocycles. The minimum Gasteiger partial charge on any atom is -0.489 e. The average molecular weight is 279 g/mol. The fourth-order valence-corrected chi connectivity index (χ4v) is 2.94. The first-order chi connectivity index (χ1) is 10.3. The van der Waals surface area contributed by atoms with Crippen molar-refractivity contribution < 1.29 is 4.74 Å². The first kappa shape index (κ1) is 12.5. The number of nitrogens with zero attached hydrogens (tertiary/aromatic N) is 3. The van der Waals surface area contributed by atoms with Crippen molar-refractivity contribution in [3.05, 3.63) is 35.8 Å². The van der Waals surface area contributed by atoms with Crippen molar-refractivity contribution in [1.29, 1.82) is 5.26 Å². The highest BCUT2D eigenvalue weighted by atomic mass is 16.5. The highest BCUT2D eigenvalue weighted by Crippen LogP contribution is 2.31. The second-order valence-corrected chi connectivity index (χ2v) is 5.83. The lowest BCUT2D eigenvalue weighted by Crippen LogP contribution is -2.24. The summed E-state index contributed by atoms with van der Waals surface area (Å²) in [6.45, 7) is 1.05. The molecule has 0 bridgehead atoms. The summed E-state index contributed by atoms with van der Waals surface area (Å²) in [6, 6.07) is 8.06. The van der Waals surface area contributed by atoms with Crippen molar-refractivity contribution in [1.82, 2.24) is 9.55 Å². The number of benzene rings is 1. The second-order valence-electron chi connectivity index (χ2n) is 5.83. The Bertz CT molecular complexity index is 701. The molecular formula is C17H17N3O. The van der Waals surface area contributed by atoms with Gasteiger partial charge in [-0.2, -0.15) is 5.26 Å². The van der Waals surface area contributed by atoms with E-state index >= 15 is 0 Å². The van der Waals surface area contributed by atoms with Crippen LogP contribution < -0.4 is 4.74 Å². The van der Waals surface area contributed by atoms with Crippen LogP contribution in [-0.2, 0) is 13.0 Å². The van der Waals surface area contributed by atoms with Crippen LogP contribution in [0, 0.1) is 11.3 Å². The lowest BCUT2D eigenvalue weighted by Gasteiger charge is -2.26. The Morgan fingerprint density at radius 1 is 1.29 bits per heavy atom. The molecule has 106 valence electrons. The lowest BCUT2D eigenvalue weighted by atomic mass is 9.96. The molecule has 4 rings (SSSR count). The van der Waals surface area contributed by atoms with Crippen LogP contribution in [0.2, 0.25) is 0 Å². The molecule has 0 unspecified atom stereocenters. The van der Waals surface area contributed by atoms with Gasteiger partial charge in [-0.3, -0.25) is 0 Å². The third-order valence-corrected chi connectivity index (χ3v) is 4.40. The van der Waals surface area contributed by atoms with Crippen LogP contribution in [0.3, 0.4) is 0 Å². The van der Waals surface area contributed by atoms with Crippen molar-refractivity contribution in [2.45, 2.75) is 44.8 Å². The summed E-state index contributed by atoms with van der Waals surface area (Å²) >= 11 is 0. The maximum atomic E-state index is 9.35. The molecule has 1 fully saturated rings. The number of aryl methyl sites for hydroxylation is 2. The van der Waals surface area contributed by atoms with Crippen LogP contribution in [0.4, 0.5) is 0 Å². The molecule has 4 heteroatoms. The summed E-state index contributed by atoms with van der Waals surface area (Å²) in [5.41, 5.74) is 2.55. The van der Waals surface area contributed by atoms with Crippen molar-refractivity contribution in [3.8, 4) is 23.1 Å². The van der Waals surface area contributed by atoms with Crippen LogP contribution in [0.5, 0.6) is 5.75 Å². The van der Waals surface area contributed by atoms with Gasteiger partial charge in [-0.25, -0.2) is 4.98 Å². The molecule has 0 radical (unpaired) electrons. The van der Waals surface area contributed by atoms with Gasteiger partial charge in [0.05, 0.1) is 17.4 Å². The van der Waals surface area contributed by atoms with E-state index in [0.717, 1.165) is 42.9 Å². The number of ether oxygens (including phenoxy) is 1. The first-order valence-corrected chi connectivity index (χ1v) is 7.61. The summed E-state index contributed by atoms with van der Waals surface area (Å²) in [4.78, 5) is 4.67. The number of imidazole rings is 1. The molecule has 0 amide bonds. The van der Waals surface area contributed by atoms with E-state index in [9.17, 15) is 5.26 Å². The molecular weight excluding hydrogens is 262 g/mol. The van der Waals surface area contributed by atoms with Crippen molar-refractivity contribution in [2.75, 3.05) is 0 Å². The largest absolute Gasteiger partial charge is 0.489 e. The Labute approximate surface area is 124 Å². The van der Waals surface area contributed by atoms with Gasteiger partial charge in [0, 0.05) is 24.7 Å². The van der Waals surface area contributed by atoms with Crippen LogP contribution in [0.1, 0.15) is 37.1 Å². The Balaban J connectivity index is 1.64. The van der Waals surface area contributed by atoms with E-state index in [0.29, 0.717) is 17.4 Å². The molecule has 0 N–H and O–H groups in total. The number of fused-ring (bicyclic) bond motifs is 1. The van der Waals surface area contributed by atoms with Gasteiger partial charge in [-0.15, -0.1) is 0 Å². The monoisotopic (exact) mass is 279 g/mol. The van der Waals surface area contributed by atoms with Crippen molar-refractivity contribution in [3.63, 3.8) is 0 Å². The number of hydrogen-bond acceptors (Lipinski definition) is 3. The number of rotatable bonds is 3. The number of hydrogen-bond donors (Lipinski definition) is 0. The summed E-state index contributed by atoms with van der Waals surface area (Å²) in [6.07, 6.45) is 8.03. The van der Waals surface area contributed by atoms with Gasteiger partial charge < -0.3 is 9.30 Å². The molecule has 1 aliphatic heterocycles. The van der Waals surface area contributed by atoms with Crippen LogP contribution >= 0.6 is 0 Å². The van der Waals surface area contributed by atoms with E-state index in [1.54, 1.807) is 0 Å². The quantitative estimate of drug-likeness (QED) is 0.866. The maximum Gasteiger partial charge on any atom is 0.137 e. The SMILES string of the molecule is N#Cc1cc(-c2cn3c(n2)CCC3)ccc1OC1CCC1. The van der Waals surface area contributed by atoms with Crippen LogP contribution in [0.15, 0.2) is 24.4 Å². The summed E-state index contributed by atoms with van der Waals surface area (Å²) < 4.78 is 8.08. The lowest BCUT2D eigenvalue weighted by molar-refractivity contribution is 0.120. The highest BCUT2D eigenvalue weighted by molar-refractivity contribution is 5.64. The van der Waals surface area contributed by atoms with E-state index in [4.69, 9.17) is 4.74 Å². The van der Waals surface area contributed by atoms with Crippen molar-refractivity contribution in [2.24, 2.45) is 0 Å². The van der Waals surface area contributed by atoms with E-state index in [1.165, 1.54) is 12.8 Å². The van der Waals surface area contributed by atoms with E-state index in [1.807, 2.05) is 18.2 Å². The minimum absolute atomic E-state index is 0.291. The predicted octanol–water partition coefficient (Wildman–Crippen LogP) is 3.30.